The molecule has 4 heteroatoms. The molecule has 2 aromatic rings. The summed E-state index contributed by atoms with van der Waals surface area (Å²) < 4.78 is 0. The molecule has 0 spiro atoms. The first-order chi connectivity index (χ1) is 9.51. The average Bonchev–Trinajstić information content (AvgIpc) is 2.85. The van der Waals surface area contributed by atoms with Gasteiger partial charge in [-0.2, -0.15) is 0 Å². The second kappa shape index (κ2) is 4.77. The van der Waals surface area contributed by atoms with Gasteiger partial charge in [0.1, 0.15) is 0 Å². The molecule has 0 saturated heterocycles. The molecule has 1 aliphatic carbocycles. The van der Waals surface area contributed by atoms with E-state index in [1.807, 2.05) is 6.07 Å². The summed E-state index contributed by atoms with van der Waals surface area (Å²) in [5.74, 6) is 0.678. The van der Waals surface area contributed by atoms with Gasteiger partial charge in [0.2, 0.25) is 0 Å². The van der Waals surface area contributed by atoms with Gasteiger partial charge in [-0.25, -0.2) is 4.79 Å². The van der Waals surface area contributed by atoms with E-state index in [4.69, 9.17) is 0 Å². The number of rotatable bonds is 5. The third-order valence-electron chi connectivity index (χ3n) is 4.51. The van der Waals surface area contributed by atoms with Crippen LogP contribution in [0.15, 0.2) is 23.0 Å². The Hall–Kier alpha value is -1.55. The minimum absolute atomic E-state index is 0.137. The van der Waals surface area contributed by atoms with E-state index < -0.39 is 0 Å². The van der Waals surface area contributed by atoms with Gasteiger partial charge in [0.15, 0.2) is 0 Å². The highest BCUT2D eigenvalue weighted by Gasteiger charge is 2.50. The molecule has 0 radical (unpaired) electrons. The fraction of sp³-hybridized carbons (Fsp3) is 0.562. The SMILES string of the molecule is CCCNC(c1ccc2[nH]c(=O)[nH]c2c1)C1CC1(C)C. The van der Waals surface area contributed by atoms with Crippen LogP contribution < -0.4 is 11.0 Å². The first-order valence-electron chi connectivity index (χ1n) is 7.46. The number of hydrogen-bond acceptors (Lipinski definition) is 2. The summed E-state index contributed by atoms with van der Waals surface area (Å²) in [5.41, 5.74) is 3.34. The van der Waals surface area contributed by atoms with Crippen LogP contribution in [0.3, 0.4) is 0 Å². The third kappa shape index (κ3) is 2.40. The minimum atomic E-state index is -0.137. The molecule has 4 nitrogen and oxygen atoms in total. The highest BCUT2D eigenvalue weighted by atomic mass is 16.1. The summed E-state index contributed by atoms with van der Waals surface area (Å²) >= 11 is 0. The van der Waals surface area contributed by atoms with E-state index in [9.17, 15) is 4.79 Å². The van der Waals surface area contributed by atoms with Crippen LogP contribution in [0.25, 0.3) is 11.0 Å². The zero-order chi connectivity index (χ0) is 14.3. The van der Waals surface area contributed by atoms with Crippen molar-refractivity contribution in [2.45, 2.75) is 39.7 Å². The standard InChI is InChI=1S/C16H23N3O/c1-4-7-17-14(11-9-16(11,2)3)10-5-6-12-13(8-10)19-15(20)18-12/h5-6,8,11,14,17H,4,7,9H2,1-3H3,(H2,18,19,20). The van der Waals surface area contributed by atoms with Crippen LogP contribution in [0.4, 0.5) is 0 Å². The summed E-state index contributed by atoms with van der Waals surface area (Å²) in [5, 5.41) is 3.67. The van der Waals surface area contributed by atoms with Crippen LogP contribution in [0.1, 0.15) is 45.2 Å². The molecular weight excluding hydrogens is 250 g/mol. The molecule has 1 heterocycles. The van der Waals surface area contributed by atoms with Crippen LogP contribution in [0, 0.1) is 11.3 Å². The summed E-state index contributed by atoms with van der Waals surface area (Å²) in [6.45, 7) is 7.87. The smallest absolute Gasteiger partial charge is 0.310 e. The number of nitrogens with one attached hydrogen (secondary N) is 3. The summed E-state index contributed by atoms with van der Waals surface area (Å²) in [6.07, 6.45) is 2.39. The van der Waals surface area contributed by atoms with Crippen molar-refractivity contribution in [3.8, 4) is 0 Å². The predicted octanol–water partition coefficient (Wildman–Crippen LogP) is 2.94. The summed E-state index contributed by atoms with van der Waals surface area (Å²) in [7, 11) is 0. The van der Waals surface area contributed by atoms with Crippen molar-refractivity contribution in [2.75, 3.05) is 6.54 Å². The van der Waals surface area contributed by atoms with Gasteiger partial charge in [-0.15, -0.1) is 0 Å². The second-order valence-corrected chi connectivity index (χ2v) is 6.62. The van der Waals surface area contributed by atoms with Crippen LogP contribution in [0.5, 0.6) is 0 Å². The normalized spacial score (nSPS) is 22.1. The van der Waals surface area contributed by atoms with E-state index in [1.54, 1.807) is 0 Å². The molecule has 0 bridgehead atoms. The van der Waals surface area contributed by atoms with Crippen LogP contribution in [0.2, 0.25) is 0 Å². The third-order valence-corrected chi connectivity index (χ3v) is 4.51. The summed E-state index contributed by atoms with van der Waals surface area (Å²) in [6, 6.07) is 6.62. The van der Waals surface area contributed by atoms with Gasteiger partial charge < -0.3 is 15.3 Å². The highest BCUT2D eigenvalue weighted by molar-refractivity contribution is 5.75. The lowest BCUT2D eigenvalue weighted by molar-refractivity contribution is 0.416. The van der Waals surface area contributed by atoms with Gasteiger partial charge in [0, 0.05) is 6.04 Å². The molecule has 3 N–H and O–H groups in total. The predicted molar refractivity (Wildman–Crippen MR) is 81.8 cm³/mol. The van der Waals surface area contributed by atoms with Crippen LogP contribution in [-0.2, 0) is 0 Å². The minimum Gasteiger partial charge on any atom is -0.310 e. The average molecular weight is 273 g/mol. The Bertz CT molecular complexity index is 668. The van der Waals surface area contributed by atoms with Crippen LogP contribution in [-0.4, -0.2) is 16.5 Å². The van der Waals surface area contributed by atoms with Crippen molar-refractivity contribution < 1.29 is 0 Å². The maximum atomic E-state index is 11.4. The molecule has 0 aliphatic heterocycles. The van der Waals surface area contributed by atoms with Crippen molar-refractivity contribution >= 4 is 11.0 Å². The molecule has 1 aromatic heterocycles. The lowest BCUT2D eigenvalue weighted by Gasteiger charge is -2.21. The van der Waals surface area contributed by atoms with E-state index in [1.165, 1.54) is 12.0 Å². The van der Waals surface area contributed by atoms with Crippen molar-refractivity contribution in [3.05, 3.63) is 34.2 Å². The molecular formula is C16H23N3O. The van der Waals surface area contributed by atoms with E-state index >= 15 is 0 Å². The molecule has 2 atom stereocenters. The number of imidazole rings is 1. The second-order valence-electron chi connectivity index (χ2n) is 6.62. The zero-order valence-corrected chi connectivity index (χ0v) is 12.4. The molecule has 20 heavy (non-hydrogen) atoms. The first kappa shape index (κ1) is 13.4. The Morgan fingerprint density at radius 1 is 1.35 bits per heavy atom. The van der Waals surface area contributed by atoms with Gasteiger partial charge >= 0.3 is 5.69 Å². The number of fused-ring (bicyclic) bond motifs is 1. The lowest BCUT2D eigenvalue weighted by Crippen LogP contribution is -2.25. The van der Waals surface area contributed by atoms with Gasteiger partial charge in [-0.05, 0) is 48.4 Å². The number of benzene rings is 1. The fourth-order valence-electron chi connectivity index (χ4n) is 3.11. The Labute approximate surface area is 119 Å². The molecule has 1 saturated carbocycles. The fourth-order valence-corrected chi connectivity index (χ4v) is 3.11. The maximum absolute atomic E-state index is 11.4. The van der Waals surface area contributed by atoms with E-state index in [0.717, 1.165) is 24.0 Å². The number of H-pyrrole nitrogens is 2. The molecule has 1 fully saturated rings. The van der Waals surface area contributed by atoms with E-state index in [-0.39, 0.29) is 5.69 Å². The topological polar surface area (TPSA) is 60.7 Å². The van der Waals surface area contributed by atoms with Crippen molar-refractivity contribution in [3.63, 3.8) is 0 Å². The Morgan fingerprint density at radius 2 is 2.05 bits per heavy atom. The first-order valence-corrected chi connectivity index (χ1v) is 7.46. The van der Waals surface area contributed by atoms with Gasteiger partial charge in [0.05, 0.1) is 11.0 Å². The largest absolute Gasteiger partial charge is 0.323 e. The van der Waals surface area contributed by atoms with Gasteiger partial charge in [-0.1, -0.05) is 26.8 Å². The monoisotopic (exact) mass is 273 g/mol. The molecule has 2 unspecified atom stereocenters. The highest BCUT2D eigenvalue weighted by Crippen LogP contribution is 2.57. The molecule has 108 valence electrons. The molecule has 1 aliphatic rings. The quantitative estimate of drug-likeness (QED) is 0.784. The Balaban J connectivity index is 1.93. The number of aromatic amines is 2. The number of aromatic nitrogens is 2. The van der Waals surface area contributed by atoms with E-state index in [0.29, 0.717) is 17.4 Å². The zero-order valence-electron chi connectivity index (χ0n) is 12.4. The van der Waals surface area contributed by atoms with Crippen molar-refractivity contribution in [1.82, 2.24) is 15.3 Å². The summed E-state index contributed by atoms with van der Waals surface area (Å²) in [4.78, 5) is 17.0. The van der Waals surface area contributed by atoms with Gasteiger partial charge in [0.25, 0.3) is 0 Å². The molecule has 1 aromatic carbocycles. The number of hydrogen-bond donors (Lipinski definition) is 3. The molecule has 0 amide bonds. The van der Waals surface area contributed by atoms with Crippen molar-refractivity contribution in [1.29, 1.82) is 0 Å². The Morgan fingerprint density at radius 3 is 2.70 bits per heavy atom. The lowest BCUT2D eigenvalue weighted by atomic mass is 9.96. The van der Waals surface area contributed by atoms with Gasteiger partial charge in [-0.3, -0.25) is 0 Å². The maximum Gasteiger partial charge on any atom is 0.323 e. The van der Waals surface area contributed by atoms with Crippen molar-refractivity contribution in [2.24, 2.45) is 11.3 Å². The van der Waals surface area contributed by atoms with Crippen LogP contribution >= 0.6 is 0 Å². The molecule has 3 rings (SSSR count). The Kier molecular flexibility index (Phi) is 3.21. The van der Waals surface area contributed by atoms with E-state index in [2.05, 4.69) is 48.2 Å².